The first-order chi connectivity index (χ1) is 20.0. The summed E-state index contributed by atoms with van der Waals surface area (Å²) in [5.74, 6) is -0.687. The van der Waals surface area contributed by atoms with Gasteiger partial charge in [0.2, 0.25) is 11.8 Å². The average Bonchev–Trinajstić information content (AvgIpc) is 2.97. The number of rotatable bonds is 10. The van der Waals surface area contributed by atoms with E-state index in [0.29, 0.717) is 5.69 Å². The second kappa shape index (κ2) is 13.9. The van der Waals surface area contributed by atoms with Crippen LogP contribution in [0, 0.1) is 20.8 Å². The van der Waals surface area contributed by atoms with Crippen molar-refractivity contribution in [2.75, 3.05) is 10.8 Å². The normalized spacial score (nSPS) is 14.7. The molecule has 0 radical (unpaired) electrons. The Morgan fingerprint density at radius 3 is 2.21 bits per heavy atom. The Balaban J connectivity index is 1.70. The summed E-state index contributed by atoms with van der Waals surface area (Å²) in [6, 6.07) is 18.9. The zero-order valence-corrected chi connectivity index (χ0v) is 27.2. The van der Waals surface area contributed by atoms with E-state index in [1.54, 1.807) is 43.3 Å². The summed E-state index contributed by atoms with van der Waals surface area (Å²) in [6.45, 7) is 7.09. The second-order valence-electron chi connectivity index (χ2n) is 11.2. The Kier molecular flexibility index (Phi) is 10.5. The molecule has 9 heteroatoms. The Morgan fingerprint density at radius 2 is 1.57 bits per heavy atom. The maximum Gasteiger partial charge on any atom is 0.264 e. The predicted octanol–water partition coefficient (Wildman–Crippen LogP) is 6.44. The van der Waals surface area contributed by atoms with Crippen LogP contribution in [0.15, 0.2) is 76.1 Å². The number of amides is 2. The van der Waals surface area contributed by atoms with Crippen molar-refractivity contribution in [1.82, 2.24) is 10.2 Å². The van der Waals surface area contributed by atoms with Gasteiger partial charge in [0.25, 0.3) is 10.0 Å². The number of carbonyl (C=O) groups is 2. The Bertz CT molecular complexity index is 1500. The molecule has 1 aliphatic carbocycles. The Morgan fingerprint density at radius 1 is 0.929 bits per heavy atom. The van der Waals surface area contributed by atoms with Crippen LogP contribution in [0.1, 0.15) is 61.3 Å². The molecule has 42 heavy (non-hydrogen) atoms. The van der Waals surface area contributed by atoms with E-state index in [0.717, 1.165) is 52.4 Å². The summed E-state index contributed by atoms with van der Waals surface area (Å²) < 4.78 is 30.3. The number of aryl methyl sites for hydroxylation is 2. The summed E-state index contributed by atoms with van der Waals surface area (Å²) in [6.07, 6.45) is 5.16. The van der Waals surface area contributed by atoms with Gasteiger partial charge >= 0.3 is 0 Å². The molecule has 224 valence electrons. The third-order valence-corrected chi connectivity index (χ3v) is 10.4. The number of sulfonamides is 1. The van der Waals surface area contributed by atoms with Crippen molar-refractivity contribution in [1.29, 1.82) is 0 Å². The minimum atomic E-state index is -4.11. The van der Waals surface area contributed by atoms with Gasteiger partial charge in [-0.25, -0.2) is 8.42 Å². The molecule has 0 aromatic heterocycles. The largest absolute Gasteiger partial charge is 0.352 e. The SMILES string of the molecule is Cc1ccc(S(=O)(=O)N(CC(=O)N(Cc2ccc(Br)cc2)[C@@H](C)C(=O)NC2CCCCC2)c2cccc(C)c2C)cc1. The number of halogens is 1. The molecular formula is C33H40BrN3O4S. The first kappa shape index (κ1) is 31.8. The highest BCUT2D eigenvalue weighted by Crippen LogP contribution is 2.29. The van der Waals surface area contributed by atoms with Crippen molar-refractivity contribution in [3.8, 4) is 0 Å². The van der Waals surface area contributed by atoms with Gasteiger partial charge in [-0.3, -0.25) is 13.9 Å². The third kappa shape index (κ3) is 7.61. The number of hydrogen-bond donors (Lipinski definition) is 1. The highest BCUT2D eigenvalue weighted by molar-refractivity contribution is 9.10. The van der Waals surface area contributed by atoms with Crippen molar-refractivity contribution >= 4 is 43.5 Å². The van der Waals surface area contributed by atoms with Crippen LogP contribution in [-0.2, 0) is 26.2 Å². The Hall–Kier alpha value is -3.17. The average molecular weight is 655 g/mol. The minimum absolute atomic E-state index is 0.0895. The van der Waals surface area contributed by atoms with E-state index < -0.39 is 28.5 Å². The zero-order chi connectivity index (χ0) is 30.4. The lowest BCUT2D eigenvalue weighted by molar-refractivity contribution is -0.139. The maximum atomic E-state index is 14.2. The molecule has 0 saturated heterocycles. The molecule has 1 N–H and O–H groups in total. The van der Waals surface area contributed by atoms with Gasteiger partial charge in [0.05, 0.1) is 10.6 Å². The number of anilines is 1. The van der Waals surface area contributed by atoms with Gasteiger partial charge in [-0.05, 0) is 87.6 Å². The van der Waals surface area contributed by atoms with Crippen LogP contribution in [0.4, 0.5) is 5.69 Å². The molecule has 1 fully saturated rings. The van der Waals surface area contributed by atoms with Crippen molar-refractivity contribution in [2.24, 2.45) is 0 Å². The first-order valence-electron chi connectivity index (χ1n) is 14.5. The van der Waals surface area contributed by atoms with Gasteiger partial charge < -0.3 is 10.2 Å². The van der Waals surface area contributed by atoms with E-state index in [-0.39, 0.29) is 23.4 Å². The molecule has 3 aromatic rings. The highest BCUT2D eigenvalue weighted by atomic mass is 79.9. The van der Waals surface area contributed by atoms with E-state index in [9.17, 15) is 18.0 Å². The fourth-order valence-corrected chi connectivity index (χ4v) is 7.03. The molecule has 0 bridgehead atoms. The van der Waals surface area contributed by atoms with E-state index in [4.69, 9.17) is 0 Å². The number of nitrogens with one attached hydrogen (secondary N) is 1. The standard InChI is InChI=1S/C33H40BrN3O4S/c1-23-13-19-30(20-14-23)42(40,41)37(31-12-8-9-24(2)25(31)3)22-32(38)36(21-27-15-17-28(34)18-16-27)26(4)33(39)35-29-10-6-5-7-11-29/h8-9,12-20,26,29H,5-7,10-11,21-22H2,1-4H3,(H,35,39)/t26-/m0/s1. The smallest absolute Gasteiger partial charge is 0.264 e. The van der Waals surface area contributed by atoms with E-state index in [1.165, 1.54) is 15.6 Å². The topological polar surface area (TPSA) is 86.8 Å². The van der Waals surface area contributed by atoms with Crippen molar-refractivity contribution in [3.63, 3.8) is 0 Å². The molecule has 1 saturated carbocycles. The molecule has 2 amide bonds. The monoisotopic (exact) mass is 653 g/mol. The van der Waals surface area contributed by atoms with Gasteiger partial charge in [0.15, 0.2) is 0 Å². The third-order valence-electron chi connectivity index (χ3n) is 8.12. The molecule has 1 aliphatic rings. The lowest BCUT2D eigenvalue weighted by Crippen LogP contribution is -2.53. The maximum absolute atomic E-state index is 14.2. The van der Waals surface area contributed by atoms with Crippen LogP contribution in [0.3, 0.4) is 0 Å². The van der Waals surface area contributed by atoms with Gasteiger partial charge in [0, 0.05) is 17.1 Å². The second-order valence-corrected chi connectivity index (χ2v) is 14.0. The molecule has 1 atom stereocenters. The first-order valence-corrected chi connectivity index (χ1v) is 16.7. The van der Waals surface area contributed by atoms with Crippen LogP contribution < -0.4 is 9.62 Å². The summed E-state index contributed by atoms with van der Waals surface area (Å²) in [7, 11) is -4.11. The molecule has 0 unspecified atom stereocenters. The number of carbonyl (C=O) groups excluding carboxylic acids is 2. The fourth-order valence-electron chi connectivity index (χ4n) is 5.29. The summed E-state index contributed by atoms with van der Waals surface area (Å²) >= 11 is 3.45. The summed E-state index contributed by atoms with van der Waals surface area (Å²) in [5, 5.41) is 3.14. The van der Waals surface area contributed by atoms with Gasteiger partial charge in [0.1, 0.15) is 12.6 Å². The molecule has 0 heterocycles. The lowest BCUT2D eigenvalue weighted by atomic mass is 9.95. The zero-order valence-electron chi connectivity index (χ0n) is 24.8. The Labute approximate surface area is 258 Å². The van der Waals surface area contributed by atoms with Crippen LogP contribution in [0.2, 0.25) is 0 Å². The van der Waals surface area contributed by atoms with Crippen LogP contribution >= 0.6 is 15.9 Å². The quantitative estimate of drug-likeness (QED) is 0.273. The van der Waals surface area contributed by atoms with E-state index >= 15 is 0 Å². The van der Waals surface area contributed by atoms with Crippen molar-refractivity contribution < 1.29 is 18.0 Å². The van der Waals surface area contributed by atoms with E-state index in [1.807, 2.05) is 51.1 Å². The van der Waals surface area contributed by atoms with E-state index in [2.05, 4.69) is 21.2 Å². The number of benzene rings is 3. The molecule has 4 rings (SSSR count). The van der Waals surface area contributed by atoms with Gasteiger partial charge in [-0.1, -0.05) is 77.2 Å². The molecule has 7 nitrogen and oxygen atoms in total. The van der Waals surface area contributed by atoms with Gasteiger partial charge in [-0.2, -0.15) is 0 Å². The number of hydrogen-bond acceptors (Lipinski definition) is 4. The predicted molar refractivity (Wildman–Crippen MR) is 171 cm³/mol. The van der Waals surface area contributed by atoms with Crippen LogP contribution in [0.25, 0.3) is 0 Å². The summed E-state index contributed by atoms with van der Waals surface area (Å²) in [4.78, 5) is 29.2. The van der Waals surface area contributed by atoms with Crippen LogP contribution in [0.5, 0.6) is 0 Å². The van der Waals surface area contributed by atoms with Crippen molar-refractivity contribution in [3.05, 3.63) is 93.5 Å². The van der Waals surface area contributed by atoms with Crippen molar-refractivity contribution in [2.45, 2.75) is 83.3 Å². The molecule has 0 spiro atoms. The van der Waals surface area contributed by atoms with Crippen LogP contribution in [-0.4, -0.2) is 43.8 Å². The number of nitrogens with zero attached hydrogens (tertiary/aromatic N) is 2. The molecule has 0 aliphatic heterocycles. The molecular weight excluding hydrogens is 614 g/mol. The van der Waals surface area contributed by atoms with Gasteiger partial charge in [-0.15, -0.1) is 0 Å². The summed E-state index contributed by atoms with van der Waals surface area (Å²) in [5.41, 5.74) is 3.89. The lowest BCUT2D eigenvalue weighted by Gasteiger charge is -2.33. The minimum Gasteiger partial charge on any atom is -0.352 e. The highest BCUT2D eigenvalue weighted by Gasteiger charge is 2.34. The fraction of sp³-hybridized carbons (Fsp3) is 0.394. The molecule has 3 aromatic carbocycles.